The first-order chi connectivity index (χ1) is 8.61. The zero-order valence-electron chi connectivity index (χ0n) is 9.64. The van der Waals surface area contributed by atoms with Gasteiger partial charge < -0.3 is 11.1 Å². The Bertz CT molecular complexity index is 583. The van der Waals surface area contributed by atoms with Crippen LogP contribution in [-0.4, -0.2) is 22.9 Å². The fraction of sp³-hybridized carbons (Fsp3) is 0.0833. The number of nitrogens with one attached hydrogen (secondary N) is 1. The van der Waals surface area contributed by atoms with E-state index >= 15 is 0 Å². The van der Waals surface area contributed by atoms with Crippen LogP contribution in [-0.2, 0) is 0 Å². The van der Waals surface area contributed by atoms with Crippen molar-refractivity contribution in [3.63, 3.8) is 0 Å². The third-order valence-corrected chi connectivity index (χ3v) is 2.63. The van der Waals surface area contributed by atoms with Crippen LogP contribution in [0.5, 0.6) is 0 Å². The number of rotatable bonds is 2. The van der Waals surface area contributed by atoms with Gasteiger partial charge in [0.25, 0.3) is 5.91 Å². The lowest BCUT2D eigenvalue weighted by Gasteiger charge is -2.05. The van der Waals surface area contributed by atoms with Crippen molar-refractivity contribution in [3.05, 3.63) is 41.2 Å². The van der Waals surface area contributed by atoms with Crippen molar-refractivity contribution in [1.29, 1.82) is 0 Å². The lowest BCUT2D eigenvalue weighted by atomic mass is 10.1. The van der Waals surface area contributed by atoms with Gasteiger partial charge in [-0.25, -0.2) is 9.97 Å². The Morgan fingerprint density at radius 3 is 2.56 bits per heavy atom. The van der Waals surface area contributed by atoms with Crippen molar-refractivity contribution in [1.82, 2.24) is 15.3 Å². The smallest absolute Gasteiger partial charge is 0.273 e. The molecule has 0 spiro atoms. The lowest BCUT2D eigenvalue weighted by Crippen LogP contribution is -2.21. The second-order valence-electron chi connectivity index (χ2n) is 3.58. The number of carbonyl (C=O) groups excluding carboxylic acids is 1. The Morgan fingerprint density at radius 1 is 1.33 bits per heavy atom. The Balaban J connectivity index is 2.40. The summed E-state index contributed by atoms with van der Waals surface area (Å²) in [5.74, 6) is -0.260. The number of amides is 1. The second-order valence-corrected chi connectivity index (χ2v) is 4.01. The van der Waals surface area contributed by atoms with E-state index in [1.807, 2.05) is 12.1 Å². The molecule has 0 aliphatic rings. The molecule has 2 aromatic rings. The molecule has 0 radical (unpaired) electrons. The van der Waals surface area contributed by atoms with Crippen LogP contribution in [0.2, 0.25) is 5.02 Å². The molecule has 0 aliphatic heterocycles. The number of hydrogen-bond donors (Lipinski definition) is 2. The van der Waals surface area contributed by atoms with Gasteiger partial charge in [-0.15, -0.1) is 0 Å². The van der Waals surface area contributed by atoms with E-state index in [9.17, 15) is 4.79 Å². The van der Waals surface area contributed by atoms with Crippen molar-refractivity contribution in [2.45, 2.75) is 0 Å². The van der Waals surface area contributed by atoms with Gasteiger partial charge in [0, 0.05) is 17.6 Å². The van der Waals surface area contributed by atoms with Crippen LogP contribution in [0.1, 0.15) is 10.5 Å². The maximum atomic E-state index is 11.4. The van der Waals surface area contributed by atoms with E-state index in [0.29, 0.717) is 10.7 Å². The first kappa shape index (κ1) is 12.3. The molecule has 3 N–H and O–H groups in total. The molecule has 0 unspecified atom stereocenters. The van der Waals surface area contributed by atoms with Crippen molar-refractivity contribution in [2.75, 3.05) is 12.8 Å². The summed E-state index contributed by atoms with van der Waals surface area (Å²) in [4.78, 5) is 19.6. The topological polar surface area (TPSA) is 80.9 Å². The Kier molecular flexibility index (Phi) is 3.43. The molecule has 0 bridgehead atoms. The predicted octanol–water partition coefficient (Wildman–Crippen LogP) is 1.74. The average Bonchev–Trinajstić information content (AvgIpc) is 2.38. The molecule has 0 fully saturated rings. The number of nitrogen functional groups attached to an aromatic ring is 1. The van der Waals surface area contributed by atoms with E-state index < -0.39 is 0 Å². The SMILES string of the molecule is CNC(=O)c1ncc(-c2ccc(Cl)cc2)nc1N. The highest BCUT2D eigenvalue weighted by Crippen LogP contribution is 2.20. The molecule has 0 saturated carbocycles. The Hall–Kier alpha value is -2.14. The molecular weight excluding hydrogens is 252 g/mol. The molecule has 1 amide bonds. The van der Waals surface area contributed by atoms with Gasteiger partial charge in [0.05, 0.1) is 11.9 Å². The highest BCUT2D eigenvalue weighted by molar-refractivity contribution is 6.30. The van der Waals surface area contributed by atoms with Crippen LogP contribution in [0.25, 0.3) is 11.3 Å². The first-order valence-electron chi connectivity index (χ1n) is 5.22. The summed E-state index contributed by atoms with van der Waals surface area (Å²) in [6.45, 7) is 0. The third-order valence-electron chi connectivity index (χ3n) is 2.38. The molecule has 1 heterocycles. The van der Waals surface area contributed by atoms with Crippen LogP contribution >= 0.6 is 11.6 Å². The summed E-state index contributed by atoms with van der Waals surface area (Å²) in [6, 6.07) is 7.12. The van der Waals surface area contributed by atoms with E-state index in [4.69, 9.17) is 17.3 Å². The number of halogens is 1. The molecule has 6 heteroatoms. The quantitative estimate of drug-likeness (QED) is 0.864. The van der Waals surface area contributed by atoms with Crippen LogP contribution < -0.4 is 11.1 Å². The average molecular weight is 263 g/mol. The molecule has 0 aliphatic carbocycles. The summed E-state index contributed by atoms with van der Waals surface area (Å²) < 4.78 is 0. The predicted molar refractivity (Wildman–Crippen MR) is 70.3 cm³/mol. The van der Waals surface area contributed by atoms with Crippen molar-refractivity contribution < 1.29 is 4.79 Å². The highest BCUT2D eigenvalue weighted by atomic mass is 35.5. The van der Waals surface area contributed by atoms with Gasteiger partial charge in [0.15, 0.2) is 11.5 Å². The van der Waals surface area contributed by atoms with E-state index in [1.54, 1.807) is 12.1 Å². The molecule has 5 nitrogen and oxygen atoms in total. The minimum absolute atomic E-state index is 0.0989. The largest absolute Gasteiger partial charge is 0.382 e. The number of hydrogen-bond acceptors (Lipinski definition) is 4. The highest BCUT2D eigenvalue weighted by Gasteiger charge is 2.12. The maximum Gasteiger partial charge on any atom is 0.273 e. The second kappa shape index (κ2) is 5.01. The fourth-order valence-corrected chi connectivity index (χ4v) is 1.58. The summed E-state index contributed by atoms with van der Waals surface area (Å²) in [5.41, 5.74) is 7.25. The van der Waals surface area contributed by atoms with Crippen LogP contribution in [0.3, 0.4) is 0 Å². The van der Waals surface area contributed by atoms with Gasteiger partial charge in [-0.3, -0.25) is 4.79 Å². The number of carbonyl (C=O) groups is 1. The van der Waals surface area contributed by atoms with Crippen LogP contribution in [0.4, 0.5) is 5.82 Å². The number of nitrogens with zero attached hydrogens (tertiary/aromatic N) is 2. The monoisotopic (exact) mass is 262 g/mol. The first-order valence-corrected chi connectivity index (χ1v) is 5.60. The Morgan fingerprint density at radius 2 is 2.00 bits per heavy atom. The summed E-state index contributed by atoms with van der Waals surface area (Å²) >= 11 is 5.80. The molecule has 1 aromatic heterocycles. The van der Waals surface area contributed by atoms with Crippen LogP contribution in [0.15, 0.2) is 30.5 Å². The minimum atomic E-state index is -0.359. The van der Waals surface area contributed by atoms with Gasteiger partial charge in [-0.2, -0.15) is 0 Å². The molecule has 92 valence electrons. The summed E-state index contributed by atoms with van der Waals surface area (Å²) in [5, 5.41) is 3.09. The Labute approximate surface area is 109 Å². The fourth-order valence-electron chi connectivity index (χ4n) is 1.46. The van der Waals surface area contributed by atoms with E-state index in [-0.39, 0.29) is 17.4 Å². The van der Waals surface area contributed by atoms with E-state index in [2.05, 4.69) is 15.3 Å². The normalized spacial score (nSPS) is 10.1. The minimum Gasteiger partial charge on any atom is -0.382 e. The zero-order chi connectivity index (χ0) is 13.1. The molecule has 18 heavy (non-hydrogen) atoms. The molecule has 0 atom stereocenters. The molecular formula is C12H11ClN4O. The summed E-state index contributed by atoms with van der Waals surface area (Å²) in [6.07, 6.45) is 1.50. The van der Waals surface area contributed by atoms with Gasteiger partial charge in [0.1, 0.15) is 0 Å². The molecule has 2 rings (SSSR count). The van der Waals surface area contributed by atoms with Crippen molar-refractivity contribution in [2.24, 2.45) is 0 Å². The number of aromatic nitrogens is 2. The number of benzene rings is 1. The van der Waals surface area contributed by atoms with Gasteiger partial charge in [0.2, 0.25) is 0 Å². The standard InChI is InChI=1S/C12H11ClN4O/c1-15-12(18)10-11(14)17-9(6-16-10)7-2-4-8(13)5-3-7/h2-6H,1H3,(H2,14,17)(H,15,18). The summed E-state index contributed by atoms with van der Waals surface area (Å²) in [7, 11) is 1.51. The number of nitrogens with two attached hydrogens (primary N) is 1. The van der Waals surface area contributed by atoms with Crippen molar-refractivity contribution in [3.8, 4) is 11.3 Å². The van der Waals surface area contributed by atoms with Gasteiger partial charge >= 0.3 is 0 Å². The number of anilines is 1. The van der Waals surface area contributed by atoms with Crippen LogP contribution in [0, 0.1) is 0 Å². The van der Waals surface area contributed by atoms with E-state index in [1.165, 1.54) is 13.2 Å². The lowest BCUT2D eigenvalue weighted by molar-refractivity contribution is 0.0959. The third kappa shape index (κ3) is 2.41. The van der Waals surface area contributed by atoms with Gasteiger partial charge in [-0.05, 0) is 12.1 Å². The maximum absolute atomic E-state index is 11.4. The zero-order valence-corrected chi connectivity index (χ0v) is 10.4. The van der Waals surface area contributed by atoms with Gasteiger partial charge in [-0.1, -0.05) is 23.7 Å². The molecule has 0 saturated heterocycles. The van der Waals surface area contributed by atoms with Crippen molar-refractivity contribution >= 4 is 23.3 Å². The molecule has 1 aromatic carbocycles. The van der Waals surface area contributed by atoms with E-state index in [0.717, 1.165) is 5.56 Å².